The number of rotatable bonds is 51. The largest absolute Gasteiger partial charge is 0.462 e. The van der Waals surface area contributed by atoms with Crippen LogP contribution in [0.2, 0.25) is 0 Å². The maximum absolute atomic E-state index is 12.8. The van der Waals surface area contributed by atoms with Crippen LogP contribution in [0, 0.1) is 0 Å². The lowest BCUT2D eigenvalue weighted by molar-refractivity contribution is -0.163. The summed E-state index contributed by atoms with van der Waals surface area (Å²) in [6, 6.07) is 0. The average Bonchev–Trinajstić information content (AvgIpc) is 3.32. The van der Waals surface area contributed by atoms with Crippen molar-refractivity contribution in [1.29, 1.82) is 0 Å². The molecule has 5 heteroatoms. The summed E-state index contributed by atoms with van der Waals surface area (Å²) >= 11 is 0. The lowest BCUT2D eigenvalue weighted by Crippen LogP contribution is -2.30. The minimum atomic E-state index is -0.559. The number of hydrogen-bond acceptors (Lipinski definition) is 5. The quantitative estimate of drug-likeness (QED) is 0.0346. The third-order valence-corrected chi connectivity index (χ3v) is 11.9. The zero-order valence-corrected chi connectivity index (χ0v) is 43.7. The van der Waals surface area contributed by atoms with Crippen molar-refractivity contribution in [2.24, 2.45) is 0 Å². The van der Waals surface area contributed by atoms with Gasteiger partial charge in [0.2, 0.25) is 0 Å². The first-order valence-electron chi connectivity index (χ1n) is 28.1. The summed E-state index contributed by atoms with van der Waals surface area (Å²) in [6.07, 6.45) is 74.6. The Hall–Kier alpha value is -2.92. The first kappa shape index (κ1) is 63.1. The summed E-state index contributed by atoms with van der Waals surface area (Å²) in [5, 5.41) is 0. The van der Waals surface area contributed by atoms with E-state index in [1.807, 2.05) is 0 Å². The highest BCUT2D eigenvalue weighted by atomic mass is 16.6. The van der Waals surface area contributed by atoms with E-state index in [1.54, 1.807) is 0 Å². The number of carbonyl (C=O) groups excluding carboxylic acids is 2. The van der Waals surface area contributed by atoms with Gasteiger partial charge < -0.3 is 14.2 Å². The molecule has 1 unspecified atom stereocenters. The first-order chi connectivity index (χ1) is 32.6. The number of ether oxygens (including phenoxy) is 3. The fourth-order valence-corrected chi connectivity index (χ4v) is 7.75. The number of carbonyl (C=O) groups is 2. The SMILES string of the molecule is CC/C=C\C/C=C\C/C=C\C/C=C\C/C=C\CCCCCC(=O)OCC(COCCCCCCCCCCCCCCCCCCCC)OC(=O)CCCCCCC/C=C\C/C=C\CCC. The molecule has 0 aliphatic heterocycles. The maximum atomic E-state index is 12.8. The van der Waals surface area contributed by atoms with Crippen molar-refractivity contribution in [1.82, 2.24) is 0 Å². The Morgan fingerprint density at radius 2 is 0.712 bits per heavy atom. The molecule has 0 aromatic heterocycles. The summed E-state index contributed by atoms with van der Waals surface area (Å²) in [7, 11) is 0. The molecule has 380 valence electrons. The second-order valence-corrected chi connectivity index (χ2v) is 18.5. The van der Waals surface area contributed by atoms with Crippen molar-refractivity contribution in [2.75, 3.05) is 19.8 Å². The van der Waals surface area contributed by atoms with Gasteiger partial charge in [0.15, 0.2) is 6.10 Å². The van der Waals surface area contributed by atoms with Crippen LogP contribution in [0.5, 0.6) is 0 Å². The standard InChI is InChI=1S/C61H106O5/c1-4-7-10-13-16-19-22-25-27-29-31-32-34-37-39-42-45-48-51-54-60(62)65-58-59(66-61(63)55-52-49-46-43-40-36-24-21-18-15-12-9-6-3)57-64-56-53-50-47-44-41-38-35-33-30-28-26-23-20-17-14-11-8-5-2/h7,10,12,15-16,19,21,24-25,27,31-32,37,39,59H,4-6,8-9,11,13-14,17-18,20,22-23,26,28-30,33-36,38,40-58H2,1-3H3/b10-7-,15-12-,19-16-,24-21-,27-25-,32-31-,39-37-. The highest BCUT2D eigenvalue weighted by molar-refractivity contribution is 5.70. The van der Waals surface area contributed by atoms with Gasteiger partial charge >= 0.3 is 11.9 Å². The fourth-order valence-electron chi connectivity index (χ4n) is 7.75. The van der Waals surface area contributed by atoms with Gasteiger partial charge in [0.05, 0.1) is 6.61 Å². The second-order valence-electron chi connectivity index (χ2n) is 18.5. The van der Waals surface area contributed by atoms with Crippen LogP contribution in [0.1, 0.15) is 265 Å². The van der Waals surface area contributed by atoms with Gasteiger partial charge in [0.1, 0.15) is 6.61 Å². The molecule has 0 aromatic rings. The van der Waals surface area contributed by atoms with Crippen LogP contribution in [0.3, 0.4) is 0 Å². The normalized spacial score (nSPS) is 12.8. The average molecular weight is 920 g/mol. The van der Waals surface area contributed by atoms with Gasteiger partial charge in [-0.15, -0.1) is 0 Å². The van der Waals surface area contributed by atoms with Crippen LogP contribution in [-0.2, 0) is 23.8 Å². The second kappa shape index (κ2) is 56.4. The maximum Gasteiger partial charge on any atom is 0.306 e. The molecule has 0 saturated heterocycles. The summed E-state index contributed by atoms with van der Waals surface area (Å²) in [5.74, 6) is -0.445. The van der Waals surface area contributed by atoms with E-state index in [2.05, 4.69) is 106 Å². The van der Waals surface area contributed by atoms with Crippen molar-refractivity contribution in [3.8, 4) is 0 Å². The van der Waals surface area contributed by atoms with Crippen LogP contribution in [0.15, 0.2) is 85.1 Å². The van der Waals surface area contributed by atoms with E-state index in [4.69, 9.17) is 14.2 Å². The third kappa shape index (κ3) is 53.7. The molecule has 0 N–H and O–H groups in total. The van der Waals surface area contributed by atoms with Crippen molar-refractivity contribution in [2.45, 2.75) is 271 Å². The molecule has 66 heavy (non-hydrogen) atoms. The molecule has 0 aliphatic carbocycles. The van der Waals surface area contributed by atoms with Crippen LogP contribution in [0.4, 0.5) is 0 Å². The fraction of sp³-hybridized carbons (Fsp3) is 0.738. The van der Waals surface area contributed by atoms with Gasteiger partial charge in [-0.3, -0.25) is 9.59 Å². The predicted octanol–water partition coefficient (Wildman–Crippen LogP) is 19.2. The van der Waals surface area contributed by atoms with Crippen LogP contribution >= 0.6 is 0 Å². The van der Waals surface area contributed by atoms with Gasteiger partial charge in [-0.1, -0.05) is 247 Å². The van der Waals surface area contributed by atoms with Gasteiger partial charge in [-0.05, 0) is 89.9 Å². The minimum absolute atomic E-state index is 0.0612. The molecule has 0 aromatic carbocycles. The Labute approximate surface area is 409 Å². The molecule has 0 aliphatic rings. The molecule has 0 bridgehead atoms. The van der Waals surface area contributed by atoms with Crippen LogP contribution < -0.4 is 0 Å². The smallest absolute Gasteiger partial charge is 0.306 e. The number of hydrogen-bond donors (Lipinski definition) is 0. The molecule has 0 saturated carbocycles. The van der Waals surface area contributed by atoms with Gasteiger partial charge in [-0.25, -0.2) is 0 Å². The molecule has 0 rings (SSSR count). The van der Waals surface area contributed by atoms with E-state index in [1.165, 1.54) is 122 Å². The van der Waals surface area contributed by atoms with Crippen molar-refractivity contribution >= 4 is 11.9 Å². The Kier molecular flexibility index (Phi) is 53.9. The molecule has 0 amide bonds. The molecule has 0 fully saturated rings. The van der Waals surface area contributed by atoms with Gasteiger partial charge in [0, 0.05) is 19.4 Å². The van der Waals surface area contributed by atoms with E-state index in [9.17, 15) is 9.59 Å². The minimum Gasteiger partial charge on any atom is -0.462 e. The van der Waals surface area contributed by atoms with E-state index in [0.29, 0.717) is 19.4 Å². The van der Waals surface area contributed by atoms with Crippen molar-refractivity contribution in [3.05, 3.63) is 85.1 Å². The van der Waals surface area contributed by atoms with Gasteiger partial charge in [0.25, 0.3) is 0 Å². The number of esters is 2. The Balaban J connectivity index is 4.31. The molecule has 1 atom stereocenters. The zero-order chi connectivity index (χ0) is 47.7. The molecular weight excluding hydrogens is 813 g/mol. The predicted molar refractivity (Wildman–Crippen MR) is 288 cm³/mol. The number of allylic oxidation sites excluding steroid dienone is 14. The Morgan fingerprint density at radius 3 is 1.17 bits per heavy atom. The van der Waals surface area contributed by atoms with Crippen LogP contribution in [0.25, 0.3) is 0 Å². The lowest BCUT2D eigenvalue weighted by Gasteiger charge is -2.18. The van der Waals surface area contributed by atoms with E-state index >= 15 is 0 Å². The first-order valence-corrected chi connectivity index (χ1v) is 28.1. The molecule has 0 radical (unpaired) electrons. The summed E-state index contributed by atoms with van der Waals surface area (Å²) in [5.41, 5.74) is 0. The Bertz CT molecular complexity index is 1220. The zero-order valence-electron chi connectivity index (χ0n) is 43.7. The molecular formula is C61H106O5. The summed E-state index contributed by atoms with van der Waals surface area (Å²) in [4.78, 5) is 25.5. The highest BCUT2D eigenvalue weighted by Gasteiger charge is 2.17. The molecule has 0 heterocycles. The van der Waals surface area contributed by atoms with Crippen molar-refractivity contribution < 1.29 is 23.8 Å². The van der Waals surface area contributed by atoms with E-state index < -0.39 is 6.10 Å². The van der Waals surface area contributed by atoms with Crippen molar-refractivity contribution in [3.63, 3.8) is 0 Å². The lowest BCUT2D eigenvalue weighted by atomic mass is 10.0. The van der Waals surface area contributed by atoms with Gasteiger partial charge in [-0.2, -0.15) is 0 Å². The summed E-state index contributed by atoms with van der Waals surface area (Å²) < 4.78 is 17.4. The topological polar surface area (TPSA) is 61.8 Å². The third-order valence-electron chi connectivity index (χ3n) is 11.9. The number of unbranched alkanes of at least 4 members (excludes halogenated alkanes) is 26. The molecule has 5 nitrogen and oxygen atoms in total. The Morgan fingerprint density at radius 1 is 0.348 bits per heavy atom. The monoisotopic (exact) mass is 919 g/mol. The summed E-state index contributed by atoms with van der Waals surface area (Å²) in [6.45, 7) is 7.63. The van der Waals surface area contributed by atoms with Crippen LogP contribution in [-0.4, -0.2) is 37.9 Å². The molecule has 0 spiro atoms. The van der Waals surface area contributed by atoms with E-state index in [0.717, 1.165) is 109 Å². The highest BCUT2D eigenvalue weighted by Crippen LogP contribution is 2.15. The van der Waals surface area contributed by atoms with E-state index in [-0.39, 0.29) is 25.2 Å².